The zero-order chi connectivity index (χ0) is 11.1. The predicted molar refractivity (Wildman–Crippen MR) is 55.7 cm³/mol. The summed E-state index contributed by atoms with van der Waals surface area (Å²) in [6.45, 7) is 0. The topological polar surface area (TPSA) is 62.1 Å². The lowest BCUT2D eigenvalue weighted by atomic mass is 10.3. The van der Waals surface area contributed by atoms with Crippen molar-refractivity contribution in [1.29, 1.82) is 5.26 Å². The van der Waals surface area contributed by atoms with Gasteiger partial charge in [0.1, 0.15) is 11.8 Å². The van der Waals surface area contributed by atoms with Crippen LogP contribution in [0.15, 0.2) is 30.3 Å². The molecule has 0 aromatic heterocycles. The Balaban J connectivity index is 2.47. The molecular formula is C10H9ClN2O2. The number of amides is 1. The maximum atomic E-state index is 11.2. The fourth-order valence-corrected chi connectivity index (χ4v) is 1.02. The summed E-state index contributed by atoms with van der Waals surface area (Å²) in [6, 6.07) is 9.66. The third-order valence-electron chi connectivity index (χ3n) is 1.56. The van der Waals surface area contributed by atoms with Gasteiger partial charge in [0.25, 0.3) is 0 Å². The molecule has 5 heteroatoms. The van der Waals surface area contributed by atoms with E-state index in [1.807, 2.05) is 12.1 Å². The van der Waals surface area contributed by atoms with Crippen molar-refractivity contribution in [1.82, 2.24) is 5.32 Å². The highest BCUT2D eigenvalue weighted by Crippen LogP contribution is 2.08. The van der Waals surface area contributed by atoms with Crippen molar-refractivity contribution in [2.45, 2.75) is 6.04 Å². The molecule has 0 heterocycles. The number of nitrogens with zero attached hydrogens (tertiary/aromatic N) is 1. The molecule has 0 spiro atoms. The first-order valence-electron chi connectivity index (χ1n) is 4.25. The van der Waals surface area contributed by atoms with E-state index in [2.05, 4.69) is 5.32 Å². The van der Waals surface area contributed by atoms with Crippen LogP contribution >= 0.6 is 11.6 Å². The third-order valence-corrected chi connectivity index (χ3v) is 1.86. The molecule has 0 saturated heterocycles. The standard InChI is InChI=1S/C10H9ClN2O2/c11-6-8(7-12)13-10(14)15-9-4-2-1-3-5-9/h1-5,8H,6H2,(H,13,14). The van der Waals surface area contributed by atoms with E-state index in [-0.39, 0.29) is 5.88 Å². The van der Waals surface area contributed by atoms with Crippen LogP contribution in [0.1, 0.15) is 0 Å². The lowest BCUT2D eigenvalue weighted by Crippen LogP contribution is -2.36. The normalized spacial score (nSPS) is 11.2. The van der Waals surface area contributed by atoms with Gasteiger partial charge in [-0.15, -0.1) is 11.6 Å². The molecule has 0 saturated carbocycles. The Labute approximate surface area is 92.4 Å². The smallest absolute Gasteiger partial charge is 0.410 e. The summed E-state index contributed by atoms with van der Waals surface area (Å²) in [5.74, 6) is 0.446. The molecule has 0 radical (unpaired) electrons. The van der Waals surface area contributed by atoms with E-state index in [0.29, 0.717) is 5.75 Å². The van der Waals surface area contributed by atoms with E-state index in [1.54, 1.807) is 24.3 Å². The molecule has 0 fully saturated rings. The van der Waals surface area contributed by atoms with Crippen LogP contribution in [-0.4, -0.2) is 18.0 Å². The zero-order valence-electron chi connectivity index (χ0n) is 7.81. The predicted octanol–water partition coefficient (Wildman–Crippen LogP) is 1.91. The van der Waals surface area contributed by atoms with Crippen molar-refractivity contribution in [3.05, 3.63) is 30.3 Å². The minimum absolute atomic E-state index is 0.0282. The number of hydrogen-bond donors (Lipinski definition) is 1. The summed E-state index contributed by atoms with van der Waals surface area (Å²) in [5.41, 5.74) is 0. The number of nitrogens with one attached hydrogen (secondary N) is 1. The van der Waals surface area contributed by atoms with Crippen LogP contribution in [0.2, 0.25) is 0 Å². The first-order valence-corrected chi connectivity index (χ1v) is 4.78. The number of carbonyl (C=O) groups is 1. The highest BCUT2D eigenvalue weighted by molar-refractivity contribution is 6.18. The molecule has 1 amide bonds. The van der Waals surface area contributed by atoms with E-state index in [9.17, 15) is 4.79 Å². The molecule has 0 aliphatic carbocycles. The second-order valence-electron chi connectivity index (χ2n) is 2.68. The minimum atomic E-state index is -0.733. The van der Waals surface area contributed by atoms with Crippen molar-refractivity contribution >= 4 is 17.7 Å². The van der Waals surface area contributed by atoms with Crippen LogP contribution in [0.3, 0.4) is 0 Å². The fraction of sp³-hybridized carbons (Fsp3) is 0.200. The molecule has 0 bridgehead atoms. The molecular weight excluding hydrogens is 216 g/mol. The number of benzene rings is 1. The van der Waals surface area contributed by atoms with E-state index in [4.69, 9.17) is 21.6 Å². The molecule has 1 aromatic carbocycles. The summed E-state index contributed by atoms with van der Waals surface area (Å²) >= 11 is 5.42. The van der Waals surface area contributed by atoms with Gasteiger partial charge >= 0.3 is 6.09 Å². The number of halogens is 1. The average Bonchev–Trinajstić information content (AvgIpc) is 2.27. The molecule has 1 atom stereocenters. The summed E-state index contributed by atoms with van der Waals surface area (Å²) < 4.78 is 4.89. The Bertz CT molecular complexity index is 361. The van der Waals surface area contributed by atoms with E-state index in [1.165, 1.54) is 0 Å². The van der Waals surface area contributed by atoms with E-state index < -0.39 is 12.1 Å². The Morgan fingerprint density at radius 3 is 2.73 bits per heavy atom. The highest BCUT2D eigenvalue weighted by atomic mass is 35.5. The molecule has 78 valence electrons. The van der Waals surface area contributed by atoms with Gasteiger partial charge in [-0.25, -0.2) is 4.79 Å². The monoisotopic (exact) mass is 224 g/mol. The van der Waals surface area contributed by atoms with Gasteiger partial charge in [-0.05, 0) is 12.1 Å². The Morgan fingerprint density at radius 1 is 1.53 bits per heavy atom. The highest BCUT2D eigenvalue weighted by Gasteiger charge is 2.11. The van der Waals surface area contributed by atoms with Gasteiger partial charge in [-0.2, -0.15) is 5.26 Å². The van der Waals surface area contributed by atoms with E-state index in [0.717, 1.165) is 0 Å². The van der Waals surface area contributed by atoms with Gasteiger partial charge < -0.3 is 10.1 Å². The van der Waals surface area contributed by atoms with Gasteiger partial charge in [0, 0.05) is 0 Å². The summed E-state index contributed by atoms with van der Waals surface area (Å²) in [4.78, 5) is 11.2. The third kappa shape index (κ3) is 3.88. The van der Waals surface area contributed by atoms with Gasteiger partial charge in [0.05, 0.1) is 11.9 Å². The van der Waals surface area contributed by atoms with Crippen molar-refractivity contribution in [2.24, 2.45) is 0 Å². The molecule has 1 N–H and O–H groups in total. The maximum Gasteiger partial charge on any atom is 0.413 e. The van der Waals surface area contributed by atoms with Crippen molar-refractivity contribution in [3.63, 3.8) is 0 Å². The Hall–Kier alpha value is -1.73. The molecule has 15 heavy (non-hydrogen) atoms. The van der Waals surface area contributed by atoms with Crippen molar-refractivity contribution in [2.75, 3.05) is 5.88 Å². The first-order chi connectivity index (χ1) is 7.26. The van der Waals surface area contributed by atoms with Crippen LogP contribution in [0.5, 0.6) is 5.75 Å². The van der Waals surface area contributed by atoms with Crippen LogP contribution in [0, 0.1) is 11.3 Å². The van der Waals surface area contributed by atoms with Crippen molar-refractivity contribution < 1.29 is 9.53 Å². The number of ether oxygens (including phenoxy) is 1. The maximum absolute atomic E-state index is 11.2. The summed E-state index contributed by atoms with van der Waals surface area (Å²) in [6.07, 6.45) is -0.687. The lowest BCUT2D eigenvalue weighted by Gasteiger charge is -2.08. The number of alkyl halides is 1. The minimum Gasteiger partial charge on any atom is -0.410 e. The first kappa shape index (κ1) is 11.3. The van der Waals surface area contributed by atoms with Gasteiger partial charge in [0.15, 0.2) is 0 Å². The van der Waals surface area contributed by atoms with Crippen LogP contribution in [0.25, 0.3) is 0 Å². The number of nitriles is 1. The number of hydrogen-bond acceptors (Lipinski definition) is 3. The molecule has 1 aromatic rings. The van der Waals surface area contributed by atoms with Crippen LogP contribution in [0.4, 0.5) is 4.79 Å². The van der Waals surface area contributed by atoms with Gasteiger partial charge in [-0.3, -0.25) is 0 Å². The average molecular weight is 225 g/mol. The van der Waals surface area contributed by atoms with Gasteiger partial charge in [-0.1, -0.05) is 18.2 Å². The lowest BCUT2D eigenvalue weighted by molar-refractivity contribution is 0.199. The summed E-state index contributed by atoms with van der Waals surface area (Å²) in [5, 5.41) is 10.8. The van der Waals surface area contributed by atoms with Crippen LogP contribution in [-0.2, 0) is 0 Å². The Morgan fingerprint density at radius 2 is 2.20 bits per heavy atom. The quantitative estimate of drug-likeness (QED) is 0.798. The zero-order valence-corrected chi connectivity index (χ0v) is 8.57. The SMILES string of the molecule is N#CC(CCl)NC(=O)Oc1ccccc1. The fourth-order valence-electron chi connectivity index (χ4n) is 0.873. The molecule has 1 unspecified atom stereocenters. The molecule has 1 rings (SSSR count). The van der Waals surface area contributed by atoms with Gasteiger partial charge in [0.2, 0.25) is 0 Å². The Kier molecular flexibility index (Phi) is 4.45. The van der Waals surface area contributed by atoms with Crippen molar-refractivity contribution in [3.8, 4) is 11.8 Å². The number of rotatable bonds is 3. The second kappa shape index (κ2) is 5.89. The molecule has 0 aliphatic rings. The molecule has 4 nitrogen and oxygen atoms in total. The van der Waals surface area contributed by atoms with E-state index >= 15 is 0 Å². The molecule has 0 aliphatic heterocycles. The second-order valence-corrected chi connectivity index (χ2v) is 2.99. The number of carbonyl (C=O) groups excluding carboxylic acids is 1. The largest absolute Gasteiger partial charge is 0.413 e. The summed E-state index contributed by atoms with van der Waals surface area (Å²) in [7, 11) is 0. The van der Waals surface area contributed by atoms with Crippen LogP contribution < -0.4 is 10.1 Å². The number of para-hydroxylation sites is 1.